The van der Waals surface area contributed by atoms with Crippen molar-refractivity contribution in [2.24, 2.45) is 0 Å². The molecule has 7 nitrogen and oxygen atoms in total. The molecular weight excluding hydrogens is 848 g/mol. The first-order chi connectivity index (χ1) is 30.6. The van der Waals surface area contributed by atoms with Gasteiger partial charge in [0.15, 0.2) is 0 Å². The van der Waals surface area contributed by atoms with Gasteiger partial charge in [0.25, 0.3) is 11.4 Å². The minimum atomic E-state index is -3.49. The molecule has 0 spiro atoms. The third-order valence-corrected chi connectivity index (χ3v) is 9.17. The van der Waals surface area contributed by atoms with Crippen LogP contribution in [0.3, 0.4) is 0 Å². The van der Waals surface area contributed by atoms with Gasteiger partial charge in [-0.15, -0.1) is 23.8 Å². The van der Waals surface area contributed by atoms with Gasteiger partial charge in [0.1, 0.15) is 23.5 Å². The number of hydrogen-bond acceptors (Lipinski definition) is 4. The fourth-order valence-electron chi connectivity index (χ4n) is 6.24. The molecule has 3 aromatic heterocycles. The number of nitrogens with zero attached hydrogens (tertiary/aromatic N) is 6. The number of aromatic nitrogens is 4. The molecule has 272 valence electrons. The molecule has 0 amide bonds. The minimum Gasteiger partial charge on any atom is -0.509 e. The van der Waals surface area contributed by atoms with Crippen molar-refractivity contribution in [3.05, 3.63) is 132 Å². The monoisotopic (exact) mass is 904 g/mol. The predicted octanol–water partition coefficient (Wildman–Crippen LogP) is 11.1. The Hall–Kier alpha value is -5.22. The van der Waals surface area contributed by atoms with E-state index >= 15 is 0 Å². The van der Waals surface area contributed by atoms with Crippen LogP contribution in [0.1, 0.15) is 96.6 Å². The topological polar surface area (TPSA) is 58.9 Å². The smallest absolute Gasteiger partial charge is 0.509 e. The second-order valence-electron chi connectivity index (χ2n) is 15.1. The number of benzene rings is 4. The van der Waals surface area contributed by atoms with E-state index in [1.807, 2.05) is 49.6 Å². The molecule has 8 heteroatoms. The summed E-state index contributed by atoms with van der Waals surface area (Å²) in [6, 6.07) is 24.0. The molecule has 0 fully saturated rings. The first kappa shape index (κ1) is 24.2. The van der Waals surface area contributed by atoms with Crippen LogP contribution in [0, 0.1) is 12.1 Å². The van der Waals surface area contributed by atoms with Crippen LogP contribution in [0.15, 0.2) is 104 Å². The molecule has 4 aromatic carbocycles. The Kier molecular flexibility index (Phi) is 6.09. The Labute approximate surface area is 350 Å². The number of hydrogen-bond donors (Lipinski definition) is 0. The largest absolute Gasteiger partial charge is 2.00 e. The van der Waals surface area contributed by atoms with Crippen LogP contribution in [0.4, 0.5) is 22.7 Å². The van der Waals surface area contributed by atoms with Crippen LogP contribution in [-0.2, 0) is 37.3 Å². The van der Waals surface area contributed by atoms with E-state index in [0.717, 1.165) is 34.0 Å². The molecule has 4 heterocycles. The minimum absolute atomic E-state index is 0. The van der Waals surface area contributed by atoms with Crippen molar-refractivity contribution in [1.29, 1.82) is 0 Å². The molecule has 7 aromatic rings. The second-order valence-corrected chi connectivity index (χ2v) is 15.1. The normalized spacial score (nSPS) is 17.3. The summed E-state index contributed by atoms with van der Waals surface area (Å²) in [4.78, 5) is 13.6. The average Bonchev–Trinajstić information content (AvgIpc) is 3.77. The standard InChI is InChI=1S/C46H44N6O.Pt/c1-44(2,3)30-14-16-33(17-15-30)50-29-51(40-13-11-10-12-39(40)50)34-22-32(46(7,8)9)23-36(25-34)53-35-18-19-37-38-27-47-28-49-43(38)52(41(37)26-35)42-24-31(20-21-48-42)45(4,5)6;/h10-24,27-28H,1-9H3;/q;+2/i1D3,2D3,3D3,10D,11D,12D,13D;. The first-order valence-corrected chi connectivity index (χ1v) is 17.0. The molecule has 0 aliphatic carbocycles. The van der Waals surface area contributed by atoms with Crippen LogP contribution < -0.4 is 13.9 Å². The molecule has 0 bridgehead atoms. The maximum absolute atomic E-state index is 9.08. The summed E-state index contributed by atoms with van der Waals surface area (Å²) in [5.41, 5.74) is -0.865. The van der Waals surface area contributed by atoms with E-state index in [-0.39, 0.29) is 55.0 Å². The summed E-state index contributed by atoms with van der Waals surface area (Å²) in [7, 11) is 0. The van der Waals surface area contributed by atoms with Crippen molar-refractivity contribution < 1.29 is 43.6 Å². The molecule has 0 atom stereocenters. The molecule has 8 rings (SSSR count). The number of para-hydroxylation sites is 2. The van der Waals surface area contributed by atoms with Crippen molar-refractivity contribution in [1.82, 2.24) is 28.7 Å². The first-order valence-electron chi connectivity index (χ1n) is 23.5. The zero-order valence-electron chi connectivity index (χ0n) is 43.4. The van der Waals surface area contributed by atoms with E-state index in [2.05, 4.69) is 48.9 Å². The van der Waals surface area contributed by atoms with E-state index in [0.29, 0.717) is 22.7 Å². The van der Waals surface area contributed by atoms with Gasteiger partial charge in [-0.05, 0) is 49.5 Å². The number of fused-ring (bicyclic) bond motifs is 4. The SMILES string of the molecule is [2H]c1c([2H])c([2H])c2c(c1[2H])[N+](c1[c-]c(Oc3[c-]c4c(cc3)c3cncnc3n4-c3cc(C(C)(C)C)ccn3)cc(C(C)(C)C)c1)=C=[N+]2c1ccc(C(C([2H])([2H])[2H])(C([2H])([2H])[2H])C([2H])([2H])[2H])cc1.[Pt+2]. The molecule has 0 radical (unpaired) electrons. The molecule has 0 saturated carbocycles. The van der Waals surface area contributed by atoms with Gasteiger partial charge in [0, 0.05) is 60.4 Å². The van der Waals surface area contributed by atoms with E-state index in [4.69, 9.17) is 27.5 Å². The Morgan fingerprint density at radius 2 is 1.46 bits per heavy atom. The van der Waals surface area contributed by atoms with Crippen LogP contribution in [0.25, 0.3) is 27.8 Å². The van der Waals surface area contributed by atoms with Crippen LogP contribution in [0.5, 0.6) is 11.5 Å². The number of pyridine rings is 1. The Morgan fingerprint density at radius 3 is 2.17 bits per heavy atom. The summed E-state index contributed by atoms with van der Waals surface area (Å²) in [6.07, 6.45) is 4.98. The summed E-state index contributed by atoms with van der Waals surface area (Å²) in [5.74, 6) is 1.19. The van der Waals surface area contributed by atoms with E-state index in [1.54, 1.807) is 24.5 Å². The van der Waals surface area contributed by atoms with Gasteiger partial charge in [-0.3, -0.25) is 0 Å². The van der Waals surface area contributed by atoms with Crippen molar-refractivity contribution in [3.63, 3.8) is 0 Å². The second kappa shape index (κ2) is 13.6. The van der Waals surface area contributed by atoms with Crippen LogP contribution >= 0.6 is 0 Å². The molecule has 0 N–H and O–H groups in total. The summed E-state index contributed by atoms with van der Waals surface area (Å²) in [6.45, 7) is 1.89. The van der Waals surface area contributed by atoms with Crippen molar-refractivity contribution in [3.8, 4) is 17.3 Å². The third-order valence-electron chi connectivity index (χ3n) is 9.17. The van der Waals surface area contributed by atoms with Gasteiger partial charge in [0.05, 0.1) is 5.48 Å². The average molecular weight is 905 g/mol. The Bertz CT molecular complexity index is 3160. The quantitative estimate of drug-likeness (QED) is 0.128. The van der Waals surface area contributed by atoms with Crippen molar-refractivity contribution >= 4 is 50.7 Å². The van der Waals surface area contributed by atoms with Gasteiger partial charge in [-0.25, -0.2) is 15.0 Å². The Morgan fingerprint density at radius 1 is 0.741 bits per heavy atom. The van der Waals surface area contributed by atoms with Crippen molar-refractivity contribution in [2.45, 2.75) is 78.3 Å². The zero-order chi connectivity index (χ0) is 48.3. The fraction of sp³-hybridized carbons (Fsp3) is 0.261. The fourth-order valence-corrected chi connectivity index (χ4v) is 6.24. The van der Waals surface area contributed by atoms with Crippen LogP contribution in [0.2, 0.25) is 0 Å². The van der Waals surface area contributed by atoms with E-state index < -0.39 is 61.1 Å². The van der Waals surface area contributed by atoms with E-state index in [1.165, 1.54) is 27.6 Å². The van der Waals surface area contributed by atoms with E-state index in [9.17, 15) is 0 Å². The molecule has 1 aliphatic rings. The zero-order valence-corrected chi connectivity index (χ0v) is 32.7. The van der Waals surface area contributed by atoms with Gasteiger partial charge in [-0.1, -0.05) is 114 Å². The number of rotatable bonds is 5. The molecular formula is C46H44N6OPt+2. The van der Waals surface area contributed by atoms with Crippen LogP contribution in [-0.4, -0.2) is 25.5 Å². The van der Waals surface area contributed by atoms with Gasteiger partial charge in [-0.2, -0.15) is 6.07 Å². The van der Waals surface area contributed by atoms with Gasteiger partial charge < -0.3 is 9.30 Å². The maximum Gasteiger partial charge on any atom is 2.00 e. The molecule has 54 heavy (non-hydrogen) atoms. The molecule has 1 aliphatic heterocycles. The van der Waals surface area contributed by atoms with Crippen molar-refractivity contribution in [2.75, 3.05) is 0 Å². The number of ether oxygens (including phenoxy) is 1. The molecule has 0 unspecified atom stereocenters. The summed E-state index contributed by atoms with van der Waals surface area (Å²) < 4.78 is 120. The summed E-state index contributed by atoms with van der Waals surface area (Å²) >= 11 is 0. The molecule has 0 saturated heterocycles. The predicted molar refractivity (Wildman–Crippen MR) is 215 cm³/mol. The van der Waals surface area contributed by atoms with Gasteiger partial charge >= 0.3 is 27.1 Å². The Balaban J connectivity index is 0.00000666. The third kappa shape index (κ3) is 6.83. The van der Waals surface area contributed by atoms with Gasteiger partial charge in [0.2, 0.25) is 5.69 Å². The summed E-state index contributed by atoms with van der Waals surface area (Å²) in [5, 5.41) is 1.60. The maximum atomic E-state index is 9.08.